The molecule has 1 aliphatic rings. The highest BCUT2D eigenvalue weighted by Crippen LogP contribution is 2.26. The highest BCUT2D eigenvalue weighted by molar-refractivity contribution is 7.92. The summed E-state index contributed by atoms with van der Waals surface area (Å²) in [5.74, 6) is 0.0184. The maximum absolute atomic E-state index is 12.9. The summed E-state index contributed by atoms with van der Waals surface area (Å²) in [6.45, 7) is 0.543. The van der Waals surface area contributed by atoms with Crippen LogP contribution in [0, 0.1) is 5.92 Å². The Bertz CT molecular complexity index is 900. The molecule has 3 rings (SSSR count). The van der Waals surface area contributed by atoms with E-state index in [9.17, 15) is 13.2 Å². The number of rotatable bonds is 6. The van der Waals surface area contributed by atoms with E-state index in [0.717, 1.165) is 19.3 Å². The number of nitrogens with two attached hydrogens (primary N) is 1. The Balaban J connectivity index is 1.81. The van der Waals surface area contributed by atoms with Crippen LogP contribution in [-0.4, -0.2) is 34.0 Å². The first-order chi connectivity index (χ1) is 12.9. The van der Waals surface area contributed by atoms with Crippen molar-refractivity contribution in [2.45, 2.75) is 30.2 Å². The van der Waals surface area contributed by atoms with E-state index in [2.05, 4.69) is 5.32 Å². The average molecular weight is 388 g/mol. The van der Waals surface area contributed by atoms with Gasteiger partial charge in [0, 0.05) is 18.7 Å². The van der Waals surface area contributed by atoms with Crippen LogP contribution in [0.5, 0.6) is 0 Å². The van der Waals surface area contributed by atoms with E-state index in [1.807, 2.05) is 6.07 Å². The van der Waals surface area contributed by atoms with Gasteiger partial charge in [-0.2, -0.15) is 0 Å². The molecule has 2 aromatic rings. The predicted octanol–water partition coefficient (Wildman–Crippen LogP) is 2.37. The summed E-state index contributed by atoms with van der Waals surface area (Å²) >= 11 is 0. The average Bonchev–Trinajstić information content (AvgIpc) is 3.15. The predicted molar refractivity (Wildman–Crippen MR) is 106 cm³/mol. The maximum atomic E-state index is 12.9. The summed E-state index contributed by atoms with van der Waals surface area (Å²) in [5.41, 5.74) is 6.67. The van der Waals surface area contributed by atoms with Gasteiger partial charge in [-0.3, -0.25) is 9.10 Å². The third-order valence-corrected chi connectivity index (χ3v) is 6.93. The standard InChI is InChI=1S/C20H25N3O3S/c1-23(17-9-3-2-4-10-17)27(25,26)18-11-5-7-15(13-18)20(24)22-19-12-6-8-16(19)14-21/h2-5,7,9-11,13,16,19H,6,8,12,14,21H2,1H3,(H,22,24). The van der Waals surface area contributed by atoms with Crippen molar-refractivity contribution in [2.24, 2.45) is 11.7 Å². The number of nitrogens with zero attached hydrogens (tertiary/aromatic N) is 1. The number of carbonyl (C=O) groups is 1. The van der Waals surface area contributed by atoms with Crippen molar-refractivity contribution < 1.29 is 13.2 Å². The third kappa shape index (κ3) is 4.14. The van der Waals surface area contributed by atoms with Crippen LogP contribution in [0.3, 0.4) is 0 Å². The highest BCUT2D eigenvalue weighted by atomic mass is 32.2. The molecule has 1 amide bonds. The van der Waals surface area contributed by atoms with Crippen molar-refractivity contribution >= 4 is 21.6 Å². The van der Waals surface area contributed by atoms with Crippen molar-refractivity contribution in [1.82, 2.24) is 5.32 Å². The summed E-state index contributed by atoms with van der Waals surface area (Å²) in [7, 11) is -2.26. The molecular weight excluding hydrogens is 362 g/mol. The molecule has 0 heterocycles. The molecule has 1 saturated carbocycles. The molecule has 1 fully saturated rings. The number of carbonyl (C=O) groups excluding carboxylic acids is 1. The number of amides is 1. The minimum absolute atomic E-state index is 0.0507. The Labute approximate surface area is 160 Å². The fourth-order valence-corrected chi connectivity index (χ4v) is 4.74. The minimum Gasteiger partial charge on any atom is -0.349 e. The van der Waals surface area contributed by atoms with Crippen LogP contribution >= 0.6 is 0 Å². The van der Waals surface area contributed by atoms with Crippen molar-refractivity contribution in [2.75, 3.05) is 17.9 Å². The zero-order valence-electron chi connectivity index (χ0n) is 15.3. The third-order valence-electron chi connectivity index (χ3n) is 5.15. The summed E-state index contributed by atoms with van der Waals surface area (Å²) in [4.78, 5) is 12.7. The van der Waals surface area contributed by atoms with Crippen molar-refractivity contribution in [1.29, 1.82) is 0 Å². The number of hydrogen-bond acceptors (Lipinski definition) is 4. The molecule has 0 aromatic heterocycles. The van der Waals surface area contributed by atoms with E-state index in [1.54, 1.807) is 36.4 Å². The molecule has 6 nitrogen and oxygen atoms in total. The van der Waals surface area contributed by atoms with Gasteiger partial charge in [0.25, 0.3) is 15.9 Å². The number of para-hydroxylation sites is 1. The largest absolute Gasteiger partial charge is 0.349 e. The van der Waals surface area contributed by atoms with E-state index in [0.29, 0.717) is 17.8 Å². The number of benzene rings is 2. The zero-order valence-corrected chi connectivity index (χ0v) is 16.2. The molecule has 2 aromatic carbocycles. The van der Waals surface area contributed by atoms with Crippen LogP contribution in [-0.2, 0) is 10.0 Å². The summed E-state index contributed by atoms with van der Waals surface area (Å²) in [6.07, 6.45) is 2.96. The van der Waals surface area contributed by atoms with Gasteiger partial charge in [-0.05, 0) is 55.6 Å². The smallest absolute Gasteiger partial charge is 0.264 e. The van der Waals surface area contributed by atoms with Gasteiger partial charge in [-0.15, -0.1) is 0 Å². The number of anilines is 1. The fourth-order valence-electron chi connectivity index (χ4n) is 3.49. The topological polar surface area (TPSA) is 92.5 Å². The molecule has 2 unspecified atom stereocenters. The molecule has 1 aliphatic carbocycles. The van der Waals surface area contributed by atoms with Crippen LogP contribution in [0.4, 0.5) is 5.69 Å². The summed E-state index contributed by atoms with van der Waals surface area (Å²) in [6, 6.07) is 15.0. The van der Waals surface area contributed by atoms with Crippen molar-refractivity contribution in [3.05, 3.63) is 60.2 Å². The van der Waals surface area contributed by atoms with E-state index >= 15 is 0 Å². The zero-order chi connectivity index (χ0) is 19.4. The molecule has 3 N–H and O–H groups in total. The lowest BCUT2D eigenvalue weighted by molar-refractivity contribution is 0.0928. The van der Waals surface area contributed by atoms with E-state index < -0.39 is 10.0 Å². The molecule has 0 spiro atoms. The van der Waals surface area contributed by atoms with Crippen molar-refractivity contribution in [3.63, 3.8) is 0 Å². The molecule has 0 bridgehead atoms. The molecule has 2 atom stereocenters. The van der Waals surface area contributed by atoms with Gasteiger partial charge in [0.15, 0.2) is 0 Å². The summed E-state index contributed by atoms with van der Waals surface area (Å²) in [5, 5.41) is 3.01. The molecule has 27 heavy (non-hydrogen) atoms. The molecule has 0 aliphatic heterocycles. The van der Waals surface area contributed by atoms with E-state index in [-0.39, 0.29) is 22.8 Å². The van der Waals surface area contributed by atoms with Gasteiger partial charge in [0.05, 0.1) is 10.6 Å². The van der Waals surface area contributed by atoms with Crippen LogP contribution in [0.2, 0.25) is 0 Å². The first kappa shape index (κ1) is 19.4. The van der Waals surface area contributed by atoms with Gasteiger partial charge in [-0.25, -0.2) is 8.42 Å². The molecule has 144 valence electrons. The summed E-state index contributed by atoms with van der Waals surface area (Å²) < 4.78 is 27.1. The fraction of sp³-hybridized carbons (Fsp3) is 0.350. The second-order valence-corrected chi connectivity index (χ2v) is 8.81. The Morgan fingerprint density at radius 1 is 1.15 bits per heavy atom. The van der Waals surface area contributed by atoms with Gasteiger partial charge < -0.3 is 11.1 Å². The quantitative estimate of drug-likeness (QED) is 0.796. The highest BCUT2D eigenvalue weighted by Gasteiger charge is 2.28. The minimum atomic E-state index is -3.76. The van der Waals surface area contributed by atoms with E-state index in [1.165, 1.54) is 23.5 Å². The second-order valence-electron chi connectivity index (χ2n) is 6.84. The molecular formula is C20H25N3O3S. The number of sulfonamides is 1. The van der Waals surface area contributed by atoms with Crippen LogP contribution in [0.1, 0.15) is 29.6 Å². The van der Waals surface area contributed by atoms with Gasteiger partial charge >= 0.3 is 0 Å². The van der Waals surface area contributed by atoms with Crippen LogP contribution < -0.4 is 15.4 Å². The molecule has 7 heteroatoms. The number of hydrogen-bond donors (Lipinski definition) is 2. The second kappa shape index (κ2) is 8.10. The van der Waals surface area contributed by atoms with Crippen LogP contribution in [0.15, 0.2) is 59.5 Å². The maximum Gasteiger partial charge on any atom is 0.264 e. The first-order valence-electron chi connectivity index (χ1n) is 9.08. The number of nitrogens with one attached hydrogen (secondary N) is 1. The Morgan fingerprint density at radius 3 is 2.59 bits per heavy atom. The van der Waals surface area contributed by atoms with Gasteiger partial charge in [0.1, 0.15) is 0 Å². The van der Waals surface area contributed by atoms with E-state index in [4.69, 9.17) is 5.73 Å². The van der Waals surface area contributed by atoms with Gasteiger partial charge in [-0.1, -0.05) is 30.7 Å². The Kier molecular flexibility index (Phi) is 5.82. The lowest BCUT2D eigenvalue weighted by Crippen LogP contribution is -2.39. The lowest BCUT2D eigenvalue weighted by Gasteiger charge is -2.21. The molecule has 0 radical (unpaired) electrons. The normalized spacial score (nSPS) is 19.6. The van der Waals surface area contributed by atoms with Gasteiger partial charge in [0.2, 0.25) is 0 Å². The van der Waals surface area contributed by atoms with Crippen molar-refractivity contribution in [3.8, 4) is 0 Å². The molecule has 0 saturated heterocycles. The van der Waals surface area contributed by atoms with Crippen LogP contribution in [0.25, 0.3) is 0 Å². The lowest BCUT2D eigenvalue weighted by atomic mass is 10.0. The SMILES string of the molecule is CN(c1ccccc1)S(=O)(=O)c1cccc(C(=O)NC2CCCC2CN)c1. The Hall–Kier alpha value is -2.38. The first-order valence-corrected chi connectivity index (χ1v) is 10.5. The Morgan fingerprint density at radius 2 is 1.89 bits per heavy atom. The monoisotopic (exact) mass is 387 g/mol.